The maximum Gasteiger partial charge on any atom is 0.225 e. The van der Waals surface area contributed by atoms with Crippen LogP contribution in [0.2, 0.25) is 0 Å². The standard InChI is InChI=1S/C19H27FN4O2.HI/c1-21-19(22-11-13-6-7-17(25)16(20)10-13)23-15-8-9-24(12-15)18(26)14-4-2-3-5-14;/h6-7,10,14-15,25H,2-5,8-9,11-12H2,1H3,(H2,21,22,23);1H. The molecule has 0 radical (unpaired) electrons. The van der Waals surface area contributed by atoms with Crippen molar-refractivity contribution in [1.82, 2.24) is 15.5 Å². The van der Waals surface area contributed by atoms with Crippen molar-refractivity contribution in [3.05, 3.63) is 29.6 Å². The van der Waals surface area contributed by atoms with E-state index >= 15 is 0 Å². The molecular weight excluding hydrogens is 462 g/mol. The molecule has 2 fully saturated rings. The van der Waals surface area contributed by atoms with E-state index in [0.29, 0.717) is 30.5 Å². The molecular formula is C19H28FIN4O2. The third-order valence-corrected chi connectivity index (χ3v) is 5.24. The molecule has 1 aromatic carbocycles. The SMILES string of the molecule is CN=C(NCc1ccc(O)c(F)c1)NC1CCN(C(=O)C2CCCC2)C1.I. The molecule has 27 heavy (non-hydrogen) atoms. The Morgan fingerprint density at radius 3 is 2.74 bits per heavy atom. The number of carbonyl (C=O) groups excluding carboxylic acids is 1. The van der Waals surface area contributed by atoms with Crippen LogP contribution in [0.25, 0.3) is 0 Å². The smallest absolute Gasteiger partial charge is 0.225 e. The number of guanidine groups is 1. The van der Waals surface area contributed by atoms with Gasteiger partial charge in [0.1, 0.15) is 0 Å². The Morgan fingerprint density at radius 2 is 2.07 bits per heavy atom. The Hall–Kier alpha value is -1.58. The van der Waals surface area contributed by atoms with Gasteiger partial charge in [-0.1, -0.05) is 18.9 Å². The number of nitrogens with one attached hydrogen (secondary N) is 2. The number of nitrogens with zero attached hydrogens (tertiary/aromatic N) is 2. The number of hydrogen-bond donors (Lipinski definition) is 3. The minimum absolute atomic E-state index is 0. The van der Waals surface area contributed by atoms with Crippen LogP contribution in [-0.4, -0.2) is 48.1 Å². The van der Waals surface area contributed by atoms with Crippen molar-refractivity contribution in [3.8, 4) is 5.75 Å². The summed E-state index contributed by atoms with van der Waals surface area (Å²) in [5, 5.41) is 15.7. The van der Waals surface area contributed by atoms with E-state index in [2.05, 4.69) is 15.6 Å². The summed E-state index contributed by atoms with van der Waals surface area (Å²) < 4.78 is 13.4. The van der Waals surface area contributed by atoms with Crippen LogP contribution in [0.1, 0.15) is 37.7 Å². The van der Waals surface area contributed by atoms with Crippen LogP contribution in [0, 0.1) is 11.7 Å². The third kappa shape index (κ3) is 5.70. The molecule has 0 aromatic heterocycles. The van der Waals surface area contributed by atoms with Gasteiger partial charge in [0.15, 0.2) is 17.5 Å². The van der Waals surface area contributed by atoms with Gasteiger partial charge in [0.25, 0.3) is 0 Å². The molecule has 1 aliphatic heterocycles. The first-order valence-electron chi connectivity index (χ1n) is 9.30. The maximum atomic E-state index is 13.4. The molecule has 1 amide bonds. The van der Waals surface area contributed by atoms with Crippen molar-refractivity contribution in [1.29, 1.82) is 0 Å². The average Bonchev–Trinajstić information content (AvgIpc) is 3.33. The van der Waals surface area contributed by atoms with Crippen molar-refractivity contribution in [2.75, 3.05) is 20.1 Å². The number of phenols is 1. The van der Waals surface area contributed by atoms with Gasteiger partial charge in [-0.3, -0.25) is 9.79 Å². The third-order valence-electron chi connectivity index (χ3n) is 5.24. The first-order chi connectivity index (χ1) is 12.6. The van der Waals surface area contributed by atoms with E-state index in [4.69, 9.17) is 0 Å². The zero-order valence-corrected chi connectivity index (χ0v) is 17.9. The van der Waals surface area contributed by atoms with Crippen LogP contribution in [0.3, 0.4) is 0 Å². The lowest BCUT2D eigenvalue weighted by atomic mass is 10.1. The quantitative estimate of drug-likeness (QED) is 0.345. The van der Waals surface area contributed by atoms with E-state index in [1.807, 2.05) is 4.90 Å². The fourth-order valence-electron chi connectivity index (χ4n) is 3.74. The summed E-state index contributed by atoms with van der Waals surface area (Å²) in [5.41, 5.74) is 0.715. The normalized spacial score (nSPS) is 20.4. The van der Waals surface area contributed by atoms with Crippen LogP contribution in [0.5, 0.6) is 5.75 Å². The second-order valence-electron chi connectivity index (χ2n) is 7.11. The van der Waals surface area contributed by atoms with Crippen molar-refractivity contribution < 1.29 is 14.3 Å². The Bertz CT molecular complexity index is 680. The Morgan fingerprint density at radius 1 is 1.33 bits per heavy atom. The number of halogens is 2. The van der Waals surface area contributed by atoms with E-state index in [-0.39, 0.29) is 41.7 Å². The molecule has 1 aliphatic carbocycles. The van der Waals surface area contributed by atoms with Gasteiger partial charge in [0, 0.05) is 38.6 Å². The van der Waals surface area contributed by atoms with E-state index in [1.165, 1.54) is 25.0 Å². The van der Waals surface area contributed by atoms with Gasteiger partial charge in [-0.05, 0) is 37.0 Å². The Labute approximate surface area is 176 Å². The predicted octanol–water partition coefficient (Wildman–Crippen LogP) is 2.61. The van der Waals surface area contributed by atoms with Crippen LogP contribution in [-0.2, 0) is 11.3 Å². The van der Waals surface area contributed by atoms with Crippen LogP contribution < -0.4 is 10.6 Å². The molecule has 3 N–H and O–H groups in total. The van der Waals surface area contributed by atoms with Crippen molar-refractivity contribution in [2.24, 2.45) is 10.9 Å². The van der Waals surface area contributed by atoms with Gasteiger partial charge in [-0.25, -0.2) is 4.39 Å². The number of hydrogen-bond acceptors (Lipinski definition) is 3. The topological polar surface area (TPSA) is 77.0 Å². The zero-order chi connectivity index (χ0) is 18.5. The van der Waals surface area contributed by atoms with E-state index in [1.54, 1.807) is 13.1 Å². The zero-order valence-electron chi connectivity index (χ0n) is 15.6. The highest BCUT2D eigenvalue weighted by atomic mass is 127. The second-order valence-corrected chi connectivity index (χ2v) is 7.11. The summed E-state index contributed by atoms with van der Waals surface area (Å²) in [5.74, 6) is 0.155. The summed E-state index contributed by atoms with van der Waals surface area (Å²) in [6, 6.07) is 4.47. The number of benzene rings is 1. The minimum atomic E-state index is -0.635. The fourth-order valence-corrected chi connectivity index (χ4v) is 3.74. The molecule has 2 aliphatic rings. The van der Waals surface area contributed by atoms with Crippen molar-refractivity contribution in [3.63, 3.8) is 0 Å². The van der Waals surface area contributed by atoms with E-state index in [9.17, 15) is 14.3 Å². The van der Waals surface area contributed by atoms with E-state index in [0.717, 1.165) is 25.8 Å². The maximum absolute atomic E-state index is 13.4. The number of likely N-dealkylation sites (tertiary alicyclic amines) is 1. The molecule has 0 spiro atoms. The van der Waals surface area contributed by atoms with Crippen molar-refractivity contribution >= 4 is 35.8 Å². The number of carbonyl (C=O) groups is 1. The fraction of sp³-hybridized carbons (Fsp3) is 0.579. The highest BCUT2D eigenvalue weighted by molar-refractivity contribution is 14.0. The van der Waals surface area contributed by atoms with Crippen LogP contribution >= 0.6 is 24.0 Å². The summed E-state index contributed by atoms with van der Waals surface area (Å²) in [4.78, 5) is 18.7. The first-order valence-corrected chi connectivity index (χ1v) is 9.30. The Balaban J connectivity index is 0.00000261. The molecule has 0 bridgehead atoms. The lowest BCUT2D eigenvalue weighted by Crippen LogP contribution is -2.45. The molecule has 1 heterocycles. The first kappa shape index (κ1) is 21.7. The molecule has 150 valence electrons. The van der Waals surface area contributed by atoms with Gasteiger partial charge < -0.3 is 20.6 Å². The molecule has 1 unspecified atom stereocenters. The van der Waals surface area contributed by atoms with Crippen LogP contribution in [0.15, 0.2) is 23.2 Å². The van der Waals surface area contributed by atoms with Crippen LogP contribution in [0.4, 0.5) is 4.39 Å². The summed E-state index contributed by atoms with van der Waals surface area (Å²) in [6.07, 6.45) is 5.29. The van der Waals surface area contributed by atoms with Gasteiger partial charge in [-0.15, -0.1) is 24.0 Å². The molecule has 3 rings (SSSR count). The molecule has 1 saturated heterocycles. The minimum Gasteiger partial charge on any atom is -0.505 e. The van der Waals surface area contributed by atoms with Gasteiger partial charge in [-0.2, -0.15) is 0 Å². The largest absolute Gasteiger partial charge is 0.505 e. The lowest BCUT2D eigenvalue weighted by molar-refractivity contribution is -0.134. The van der Waals surface area contributed by atoms with Gasteiger partial charge >= 0.3 is 0 Å². The van der Waals surface area contributed by atoms with E-state index < -0.39 is 5.82 Å². The number of rotatable bonds is 4. The summed E-state index contributed by atoms with van der Waals surface area (Å²) in [7, 11) is 1.68. The highest BCUT2D eigenvalue weighted by Gasteiger charge is 2.32. The lowest BCUT2D eigenvalue weighted by Gasteiger charge is -2.21. The molecule has 6 nitrogen and oxygen atoms in total. The summed E-state index contributed by atoms with van der Waals surface area (Å²) in [6.45, 7) is 1.88. The average molecular weight is 490 g/mol. The second kappa shape index (κ2) is 10.1. The van der Waals surface area contributed by atoms with Gasteiger partial charge in [0.2, 0.25) is 5.91 Å². The molecule has 8 heteroatoms. The predicted molar refractivity (Wildman–Crippen MR) is 114 cm³/mol. The number of phenolic OH excluding ortho intramolecular Hbond substituents is 1. The number of amides is 1. The monoisotopic (exact) mass is 490 g/mol. The summed E-state index contributed by atoms with van der Waals surface area (Å²) >= 11 is 0. The number of aliphatic imine (C=N–C) groups is 1. The highest BCUT2D eigenvalue weighted by Crippen LogP contribution is 2.27. The van der Waals surface area contributed by atoms with Crippen molar-refractivity contribution in [2.45, 2.75) is 44.7 Å². The molecule has 1 aromatic rings. The molecule has 1 saturated carbocycles. The Kier molecular flexibility index (Phi) is 8.12. The van der Waals surface area contributed by atoms with Gasteiger partial charge in [0.05, 0.1) is 0 Å². The molecule has 1 atom stereocenters. The number of aromatic hydroxyl groups is 1.